The molecule has 4 heteroatoms. The Morgan fingerprint density at radius 3 is 2.73 bits per heavy atom. The first-order chi connectivity index (χ1) is 5.04. The summed E-state index contributed by atoms with van der Waals surface area (Å²) in [4.78, 5) is 0. The van der Waals surface area contributed by atoms with Gasteiger partial charge in [0.05, 0.1) is 10.7 Å². The molecule has 0 aliphatic rings. The van der Waals surface area contributed by atoms with E-state index in [2.05, 4.69) is 15.9 Å². The van der Waals surface area contributed by atoms with Gasteiger partial charge in [-0.15, -0.1) is 0 Å². The Labute approximate surface area is 77.5 Å². The van der Waals surface area contributed by atoms with Gasteiger partial charge in [0, 0.05) is 10.0 Å². The SMILES string of the molecule is Cc1c(F)cc(Br)c(N)c1Cl. The van der Waals surface area contributed by atoms with Gasteiger partial charge in [0.2, 0.25) is 0 Å². The summed E-state index contributed by atoms with van der Waals surface area (Å²) in [7, 11) is 0. The molecule has 0 unspecified atom stereocenters. The summed E-state index contributed by atoms with van der Waals surface area (Å²) < 4.78 is 13.3. The minimum Gasteiger partial charge on any atom is -0.397 e. The van der Waals surface area contributed by atoms with Crippen molar-refractivity contribution in [1.82, 2.24) is 0 Å². The molecule has 2 N–H and O–H groups in total. The standard InChI is InChI=1S/C7H6BrClFN/c1-3-5(10)2-4(8)7(11)6(3)9/h2H,11H2,1H3. The minimum atomic E-state index is -0.351. The average molecular weight is 238 g/mol. The van der Waals surface area contributed by atoms with Crippen LogP contribution in [0.2, 0.25) is 5.02 Å². The zero-order chi connectivity index (χ0) is 8.59. The number of hydrogen-bond acceptors (Lipinski definition) is 1. The van der Waals surface area contributed by atoms with E-state index < -0.39 is 0 Å². The molecule has 1 rings (SSSR count). The highest BCUT2D eigenvalue weighted by atomic mass is 79.9. The molecule has 1 nitrogen and oxygen atoms in total. The smallest absolute Gasteiger partial charge is 0.128 e. The van der Waals surface area contributed by atoms with Crippen LogP contribution in [-0.2, 0) is 0 Å². The van der Waals surface area contributed by atoms with Gasteiger partial charge in [-0.3, -0.25) is 0 Å². The van der Waals surface area contributed by atoms with Crippen LogP contribution in [0, 0.1) is 12.7 Å². The molecule has 0 aliphatic heterocycles. The third-order valence-electron chi connectivity index (χ3n) is 1.43. The first-order valence-electron chi connectivity index (χ1n) is 2.93. The maximum Gasteiger partial charge on any atom is 0.128 e. The van der Waals surface area contributed by atoms with Crippen LogP contribution in [0.3, 0.4) is 0 Å². The van der Waals surface area contributed by atoms with E-state index in [0.29, 0.717) is 15.7 Å². The van der Waals surface area contributed by atoms with Crippen molar-refractivity contribution in [1.29, 1.82) is 0 Å². The highest BCUT2D eigenvalue weighted by molar-refractivity contribution is 9.10. The van der Waals surface area contributed by atoms with E-state index in [9.17, 15) is 4.39 Å². The van der Waals surface area contributed by atoms with Crippen LogP contribution < -0.4 is 5.73 Å². The lowest BCUT2D eigenvalue weighted by atomic mass is 10.2. The summed E-state index contributed by atoms with van der Waals surface area (Å²) in [5, 5.41) is 0.275. The molecule has 0 fully saturated rings. The molecule has 0 saturated heterocycles. The average Bonchev–Trinajstić information content (AvgIpc) is 1.97. The van der Waals surface area contributed by atoms with E-state index in [-0.39, 0.29) is 10.8 Å². The maximum absolute atomic E-state index is 12.9. The molecule has 11 heavy (non-hydrogen) atoms. The summed E-state index contributed by atoms with van der Waals surface area (Å²) in [6.45, 7) is 1.58. The van der Waals surface area contributed by atoms with Crippen LogP contribution in [0.15, 0.2) is 10.5 Å². The van der Waals surface area contributed by atoms with Crippen molar-refractivity contribution < 1.29 is 4.39 Å². The van der Waals surface area contributed by atoms with Crippen molar-refractivity contribution in [3.63, 3.8) is 0 Å². The topological polar surface area (TPSA) is 26.0 Å². The fraction of sp³-hybridized carbons (Fsp3) is 0.143. The predicted octanol–water partition coefficient (Wildman–Crippen LogP) is 3.13. The van der Waals surface area contributed by atoms with E-state index >= 15 is 0 Å². The monoisotopic (exact) mass is 237 g/mol. The fourth-order valence-corrected chi connectivity index (χ4v) is 1.41. The molecule has 0 radical (unpaired) electrons. The Bertz CT molecular complexity index is 275. The zero-order valence-corrected chi connectivity index (χ0v) is 8.13. The molecular formula is C7H6BrClFN. The summed E-state index contributed by atoms with van der Waals surface area (Å²) in [6.07, 6.45) is 0. The summed E-state index contributed by atoms with van der Waals surface area (Å²) in [5.74, 6) is -0.351. The van der Waals surface area contributed by atoms with Gasteiger partial charge < -0.3 is 5.73 Å². The van der Waals surface area contributed by atoms with Crippen molar-refractivity contribution in [2.24, 2.45) is 0 Å². The van der Waals surface area contributed by atoms with Gasteiger partial charge in [-0.1, -0.05) is 11.6 Å². The highest BCUT2D eigenvalue weighted by Gasteiger charge is 2.08. The second-order valence-electron chi connectivity index (χ2n) is 2.19. The highest BCUT2D eigenvalue weighted by Crippen LogP contribution is 2.32. The molecule has 0 amide bonds. The number of hydrogen-bond donors (Lipinski definition) is 1. The van der Waals surface area contributed by atoms with E-state index in [4.69, 9.17) is 17.3 Å². The molecule has 1 aromatic carbocycles. The van der Waals surface area contributed by atoms with Crippen molar-refractivity contribution in [3.8, 4) is 0 Å². The molecule has 0 saturated carbocycles. The Balaban J connectivity index is 3.46. The van der Waals surface area contributed by atoms with E-state index in [0.717, 1.165) is 0 Å². The van der Waals surface area contributed by atoms with E-state index in [1.807, 2.05) is 0 Å². The van der Waals surface area contributed by atoms with Crippen molar-refractivity contribution in [2.75, 3.05) is 5.73 Å². The zero-order valence-electron chi connectivity index (χ0n) is 5.79. The summed E-state index contributed by atoms with van der Waals surface area (Å²) >= 11 is 8.77. The molecule has 1 aromatic rings. The predicted molar refractivity (Wildman–Crippen MR) is 48.3 cm³/mol. The molecule has 60 valence electrons. The van der Waals surface area contributed by atoms with Crippen LogP contribution >= 0.6 is 27.5 Å². The number of nitrogens with two attached hydrogens (primary N) is 1. The van der Waals surface area contributed by atoms with E-state index in [1.54, 1.807) is 6.92 Å². The number of rotatable bonds is 0. The molecule has 0 aromatic heterocycles. The van der Waals surface area contributed by atoms with Crippen molar-refractivity contribution in [3.05, 3.63) is 26.9 Å². The normalized spacial score (nSPS) is 10.2. The third-order valence-corrected chi connectivity index (χ3v) is 2.58. The van der Waals surface area contributed by atoms with Gasteiger partial charge in [0.1, 0.15) is 5.82 Å². The van der Waals surface area contributed by atoms with E-state index in [1.165, 1.54) is 6.07 Å². The van der Waals surface area contributed by atoms with Crippen LogP contribution in [0.5, 0.6) is 0 Å². The molecule has 0 atom stereocenters. The largest absolute Gasteiger partial charge is 0.397 e. The van der Waals surface area contributed by atoms with Crippen molar-refractivity contribution >= 4 is 33.2 Å². The lowest BCUT2D eigenvalue weighted by Gasteiger charge is -2.04. The van der Waals surface area contributed by atoms with Crippen molar-refractivity contribution in [2.45, 2.75) is 6.92 Å². The number of halogens is 3. The Hall–Kier alpha value is -0.280. The van der Waals surface area contributed by atoms with Gasteiger partial charge in [0.15, 0.2) is 0 Å². The van der Waals surface area contributed by atoms with Gasteiger partial charge in [-0.2, -0.15) is 0 Å². The quantitative estimate of drug-likeness (QED) is 0.691. The van der Waals surface area contributed by atoms with Crippen LogP contribution in [0.4, 0.5) is 10.1 Å². The van der Waals surface area contributed by atoms with Gasteiger partial charge in [-0.25, -0.2) is 4.39 Å². The first-order valence-corrected chi connectivity index (χ1v) is 4.10. The number of benzene rings is 1. The molecular weight excluding hydrogens is 232 g/mol. The summed E-state index contributed by atoms with van der Waals surface area (Å²) in [5.41, 5.74) is 6.27. The number of nitrogen functional groups attached to an aromatic ring is 1. The Morgan fingerprint density at radius 1 is 1.64 bits per heavy atom. The molecule has 0 bridgehead atoms. The first kappa shape index (κ1) is 8.81. The Morgan fingerprint density at radius 2 is 2.18 bits per heavy atom. The Kier molecular flexibility index (Phi) is 2.40. The lowest BCUT2D eigenvalue weighted by Crippen LogP contribution is -1.93. The fourth-order valence-electron chi connectivity index (χ4n) is 0.709. The van der Waals surface area contributed by atoms with Gasteiger partial charge in [-0.05, 0) is 28.9 Å². The molecule has 0 aliphatic carbocycles. The maximum atomic E-state index is 12.9. The van der Waals surface area contributed by atoms with Crippen LogP contribution in [-0.4, -0.2) is 0 Å². The summed E-state index contributed by atoms with van der Waals surface area (Å²) in [6, 6.07) is 1.30. The molecule has 0 heterocycles. The second kappa shape index (κ2) is 2.99. The minimum absolute atomic E-state index is 0.275. The van der Waals surface area contributed by atoms with Gasteiger partial charge in [0.25, 0.3) is 0 Å². The van der Waals surface area contributed by atoms with Gasteiger partial charge >= 0.3 is 0 Å². The number of anilines is 1. The third kappa shape index (κ3) is 1.49. The van der Waals surface area contributed by atoms with Crippen LogP contribution in [0.25, 0.3) is 0 Å². The van der Waals surface area contributed by atoms with Crippen LogP contribution in [0.1, 0.15) is 5.56 Å². The molecule has 0 spiro atoms. The second-order valence-corrected chi connectivity index (χ2v) is 3.43. The lowest BCUT2D eigenvalue weighted by molar-refractivity contribution is 0.618.